The number of likely N-dealkylation sites (tertiary alicyclic amines) is 2. The van der Waals surface area contributed by atoms with Gasteiger partial charge in [0.25, 0.3) is 0 Å². The van der Waals surface area contributed by atoms with Crippen LogP contribution in [0.25, 0.3) is 0 Å². The van der Waals surface area contributed by atoms with Gasteiger partial charge in [0.2, 0.25) is 23.6 Å². The first-order valence-corrected chi connectivity index (χ1v) is 10.9. The number of unbranched alkanes of at least 4 members (excludes halogenated alkanes) is 2. The van der Waals surface area contributed by atoms with Gasteiger partial charge in [-0.25, -0.2) is 0 Å². The molecule has 6 heteroatoms. The number of fused-ring (bicyclic) bond motifs is 1. The third-order valence-corrected chi connectivity index (χ3v) is 8.00. The fourth-order valence-electron chi connectivity index (χ4n) is 6.80. The van der Waals surface area contributed by atoms with E-state index in [4.69, 9.17) is 0 Å². The number of amides is 4. The molecule has 2 heterocycles. The van der Waals surface area contributed by atoms with Crippen molar-refractivity contribution in [2.45, 2.75) is 39.5 Å². The Kier molecular flexibility index (Phi) is 4.04. The molecule has 28 heavy (non-hydrogen) atoms. The minimum absolute atomic E-state index is 0.0400. The zero-order valence-electron chi connectivity index (χ0n) is 16.5. The lowest BCUT2D eigenvalue weighted by molar-refractivity contribution is -0.166. The molecule has 0 N–H and O–H groups in total. The number of allylic oxidation sites excluding steroid dienone is 2. The maximum atomic E-state index is 13.1. The van der Waals surface area contributed by atoms with Crippen LogP contribution in [0.15, 0.2) is 12.2 Å². The number of nitrogens with zero attached hydrogens (tertiary/aromatic N) is 2. The van der Waals surface area contributed by atoms with Gasteiger partial charge in [0.1, 0.15) is 0 Å². The molecule has 8 atom stereocenters. The van der Waals surface area contributed by atoms with Crippen molar-refractivity contribution in [3.8, 4) is 0 Å². The summed E-state index contributed by atoms with van der Waals surface area (Å²) in [6, 6.07) is 0. The third kappa shape index (κ3) is 2.04. The standard InChI is InChI=1S/C22H28N2O4/c1-3-5-9-23-19(25)15-11-7-8-12(16(15)20(23)26)14-13(11)17-18(14)22(28)24(21(17)27)10-6-4-2/h7-8,11-18H,3-6,9-10H2,1-2H3/t11-,12-,13-,14-,15-,16+,17-,18-/m1/s1. The van der Waals surface area contributed by atoms with E-state index in [1.54, 1.807) is 0 Å². The minimum atomic E-state index is -0.325. The van der Waals surface area contributed by atoms with Crippen molar-refractivity contribution in [1.82, 2.24) is 9.80 Å². The van der Waals surface area contributed by atoms with Crippen LogP contribution in [0.3, 0.4) is 0 Å². The largest absolute Gasteiger partial charge is 0.282 e. The Hall–Kier alpha value is -1.98. The van der Waals surface area contributed by atoms with Crippen molar-refractivity contribution in [2.24, 2.45) is 47.3 Å². The molecule has 4 fully saturated rings. The van der Waals surface area contributed by atoms with Crippen LogP contribution in [0.1, 0.15) is 39.5 Å². The summed E-state index contributed by atoms with van der Waals surface area (Å²) in [5.41, 5.74) is 0. The summed E-state index contributed by atoms with van der Waals surface area (Å²) in [6.45, 7) is 5.09. The Labute approximate surface area is 165 Å². The second kappa shape index (κ2) is 6.26. The highest BCUT2D eigenvalue weighted by Gasteiger charge is 2.74. The minimum Gasteiger partial charge on any atom is -0.282 e. The van der Waals surface area contributed by atoms with Crippen molar-refractivity contribution in [1.29, 1.82) is 0 Å². The SMILES string of the molecule is CCCCN1C(=O)[C@@H]2[C@@H]3C=C[C@@H]([C@@H]2C1=O)[C@H]1[C@H]2C(=O)N(CCCC)C(=O)[C@@H]2[C@H]31. The summed E-state index contributed by atoms with van der Waals surface area (Å²) in [7, 11) is 0. The normalized spacial score (nSPS) is 42.8. The van der Waals surface area contributed by atoms with E-state index in [1.165, 1.54) is 9.80 Å². The van der Waals surface area contributed by atoms with E-state index in [0.717, 1.165) is 25.7 Å². The first kappa shape index (κ1) is 18.1. The molecule has 6 aliphatic rings. The van der Waals surface area contributed by atoms with Gasteiger partial charge in [-0.05, 0) is 36.5 Å². The van der Waals surface area contributed by atoms with Gasteiger partial charge in [0.15, 0.2) is 0 Å². The van der Waals surface area contributed by atoms with Gasteiger partial charge in [0, 0.05) is 13.1 Å². The highest BCUT2D eigenvalue weighted by Crippen LogP contribution is 2.68. The summed E-state index contributed by atoms with van der Waals surface area (Å²) in [6.07, 6.45) is 7.66. The third-order valence-electron chi connectivity index (χ3n) is 8.00. The smallest absolute Gasteiger partial charge is 0.233 e. The Morgan fingerprint density at radius 1 is 0.643 bits per heavy atom. The fraction of sp³-hybridized carbons (Fsp3) is 0.727. The van der Waals surface area contributed by atoms with Crippen molar-refractivity contribution >= 4 is 23.6 Å². The maximum Gasteiger partial charge on any atom is 0.233 e. The van der Waals surface area contributed by atoms with E-state index < -0.39 is 0 Å². The molecule has 2 bridgehead atoms. The summed E-state index contributed by atoms with van der Waals surface area (Å²) in [5.74, 6) is -1.44. The molecular formula is C22H28N2O4. The number of carbonyl (C=O) groups is 4. The van der Waals surface area contributed by atoms with E-state index in [1.807, 2.05) is 13.8 Å². The van der Waals surface area contributed by atoms with Crippen LogP contribution in [0.2, 0.25) is 0 Å². The number of hydrogen-bond donors (Lipinski definition) is 0. The van der Waals surface area contributed by atoms with E-state index in [-0.39, 0.29) is 71.0 Å². The topological polar surface area (TPSA) is 74.8 Å². The maximum absolute atomic E-state index is 13.1. The second-order valence-electron chi connectivity index (χ2n) is 9.16. The lowest BCUT2D eigenvalue weighted by atomic mass is 9.40. The number of hydrogen-bond acceptors (Lipinski definition) is 4. The molecule has 2 aliphatic heterocycles. The molecule has 0 unspecified atom stereocenters. The van der Waals surface area contributed by atoms with Crippen LogP contribution in [0.4, 0.5) is 0 Å². The molecule has 2 saturated heterocycles. The number of rotatable bonds is 6. The van der Waals surface area contributed by atoms with E-state index in [9.17, 15) is 19.2 Å². The van der Waals surface area contributed by atoms with E-state index in [2.05, 4.69) is 12.2 Å². The van der Waals surface area contributed by atoms with Crippen LogP contribution in [-0.2, 0) is 19.2 Å². The molecule has 150 valence electrons. The first-order valence-electron chi connectivity index (χ1n) is 10.9. The van der Waals surface area contributed by atoms with Gasteiger partial charge < -0.3 is 0 Å². The number of carbonyl (C=O) groups excluding carboxylic acids is 4. The Morgan fingerprint density at radius 3 is 1.36 bits per heavy atom. The molecule has 0 radical (unpaired) electrons. The Morgan fingerprint density at radius 2 is 1.00 bits per heavy atom. The van der Waals surface area contributed by atoms with Crippen molar-refractivity contribution in [3.63, 3.8) is 0 Å². The summed E-state index contributed by atoms with van der Waals surface area (Å²) in [5, 5.41) is 0. The van der Waals surface area contributed by atoms with Gasteiger partial charge in [-0.15, -0.1) is 0 Å². The molecule has 4 amide bonds. The number of imide groups is 2. The first-order chi connectivity index (χ1) is 13.5. The zero-order valence-corrected chi connectivity index (χ0v) is 16.5. The summed E-state index contributed by atoms with van der Waals surface area (Å²) >= 11 is 0. The molecule has 6 nitrogen and oxygen atoms in total. The van der Waals surface area contributed by atoms with Crippen LogP contribution >= 0.6 is 0 Å². The average Bonchev–Trinajstić information content (AvgIpc) is 3.03. The predicted molar refractivity (Wildman–Crippen MR) is 100 cm³/mol. The van der Waals surface area contributed by atoms with Crippen LogP contribution in [0.5, 0.6) is 0 Å². The van der Waals surface area contributed by atoms with E-state index in [0.29, 0.717) is 13.1 Å². The predicted octanol–water partition coefficient (Wildman–Crippen LogP) is 1.85. The molecule has 4 aliphatic carbocycles. The summed E-state index contributed by atoms with van der Waals surface area (Å²) < 4.78 is 0. The van der Waals surface area contributed by atoms with Crippen molar-refractivity contribution in [3.05, 3.63) is 12.2 Å². The average molecular weight is 384 g/mol. The van der Waals surface area contributed by atoms with Crippen LogP contribution < -0.4 is 0 Å². The molecule has 0 aromatic carbocycles. The monoisotopic (exact) mass is 384 g/mol. The Bertz CT molecular complexity index is 733. The highest BCUT2D eigenvalue weighted by molar-refractivity contribution is 6.09. The van der Waals surface area contributed by atoms with E-state index >= 15 is 0 Å². The molecule has 0 aromatic rings. The fourth-order valence-corrected chi connectivity index (χ4v) is 6.80. The van der Waals surface area contributed by atoms with Gasteiger partial charge in [-0.1, -0.05) is 38.8 Å². The lowest BCUT2D eigenvalue weighted by Gasteiger charge is -2.60. The van der Waals surface area contributed by atoms with Crippen LogP contribution in [-0.4, -0.2) is 46.5 Å². The van der Waals surface area contributed by atoms with Gasteiger partial charge in [-0.2, -0.15) is 0 Å². The van der Waals surface area contributed by atoms with Crippen molar-refractivity contribution in [2.75, 3.05) is 13.1 Å². The summed E-state index contributed by atoms with van der Waals surface area (Å²) in [4.78, 5) is 55.0. The second-order valence-corrected chi connectivity index (χ2v) is 9.16. The molecule has 0 aromatic heterocycles. The molecule has 0 spiro atoms. The quantitative estimate of drug-likeness (QED) is 0.517. The molecule has 2 saturated carbocycles. The van der Waals surface area contributed by atoms with Crippen LogP contribution in [0, 0.1) is 47.3 Å². The van der Waals surface area contributed by atoms with Gasteiger partial charge in [0.05, 0.1) is 23.7 Å². The zero-order chi connectivity index (χ0) is 19.7. The van der Waals surface area contributed by atoms with Gasteiger partial charge >= 0.3 is 0 Å². The Balaban J connectivity index is 1.45. The lowest BCUT2D eigenvalue weighted by Crippen LogP contribution is -2.63. The molecule has 6 rings (SSSR count). The molecular weight excluding hydrogens is 356 g/mol. The highest BCUT2D eigenvalue weighted by atomic mass is 16.2. The van der Waals surface area contributed by atoms with Crippen molar-refractivity contribution < 1.29 is 19.2 Å². The van der Waals surface area contributed by atoms with Gasteiger partial charge in [-0.3, -0.25) is 29.0 Å².